The molecule has 0 saturated carbocycles. The largest absolute Gasteiger partial charge is 0.348 e. The summed E-state index contributed by atoms with van der Waals surface area (Å²) >= 11 is 13.3. The summed E-state index contributed by atoms with van der Waals surface area (Å²) in [6.45, 7) is 1.94. The van der Waals surface area contributed by atoms with Crippen LogP contribution in [0.2, 0.25) is 9.49 Å². The number of carbonyl (C=O) groups excluding carboxylic acids is 1. The van der Waals surface area contributed by atoms with E-state index in [1.165, 1.54) is 11.3 Å². The Hall–Kier alpha value is -2.96. The number of hydrogen-bond donors (Lipinski definition) is 1. The second-order valence-electron chi connectivity index (χ2n) is 7.00. The third-order valence-electron chi connectivity index (χ3n) is 4.71. The minimum atomic E-state index is -0.893. The van der Waals surface area contributed by atoms with Crippen molar-refractivity contribution in [3.05, 3.63) is 68.1 Å². The number of benzene rings is 1. The molecule has 1 amide bonds. The van der Waals surface area contributed by atoms with Gasteiger partial charge in [-0.3, -0.25) is 9.48 Å². The molecule has 0 aliphatic heterocycles. The highest BCUT2D eigenvalue weighted by Crippen LogP contribution is 2.39. The lowest BCUT2D eigenvalue weighted by molar-refractivity contribution is 0.0936. The van der Waals surface area contributed by atoms with Crippen LogP contribution in [0.25, 0.3) is 5.69 Å². The van der Waals surface area contributed by atoms with E-state index in [-0.39, 0.29) is 23.2 Å². The first kappa shape index (κ1) is 22.2. The molecule has 0 fully saturated rings. The van der Waals surface area contributed by atoms with Crippen molar-refractivity contribution in [2.75, 3.05) is 6.54 Å². The number of aromatic nitrogens is 7. The van der Waals surface area contributed by atoms with E-state index in [2.05, 4.69) is 30.8 Å². The van der Waals surface area contributed by atoms with Crippen molar-refractivity contribution in [1.82, 2.24) is 40.3 Å². The number of hydrogen-bond acceptors (Lipinski definition) is 7. The topological polar surface area (TPSA) is 103 Å². The van der Waals surface area contributed by atoms with Gasteiger partial charge in [0.15, 0.2) is 11.0 Å². The molecular formula is C18H14Cl2F2N8OS. The van der Waals surface area contributed by atoms with Gasteiger partial charge in [0, 0.05) is 31.4 Å². The van der Waals surface area contributed by atoms with Gasteiger partial charge in [-0.25, -0.2) is 13.8 Å². The molecule has 1 unspecified atom stereocenters. The Morgan fingerprint density at radius 2 is 2.09 bits per heavy atom. The van der Waals surface area contributed by atoms with Crippen molar-refractivity contribution in [3.63, 3.8) is 0 Å². The smallest absolute Gasteiger partial charge is 0.292 e. The van der Waals surface area contributed by atoms with Crippen LogP contribution in [0, 0.1) is 11.6 Å². The average molecular weight is 499 g/mol. The SMILES string of the molecule is Cn1cc(C(C)(CNC(=O)c2nnn(-c3ccc(F)cc3F)n2)c2nc(Cl)c(Cl)s2)cn1. The summed E-state index contributed by atoms with van der Waals surface area (Å²) in [5, 5.41) is 18.9. The number of amides is 1. The molecule has 0 spiro atoms. The molecule has 0 bridgehead atoms. The summed E-state index contributed by atoms with van der Waals surface area (Å²) in [7, 11) is 1.76. The maximum absolute atomic E-state index is 14.0. The number of aryl methyl sites for hydroxylation is 1. The van der Waals surface area contributed by atoms with Crippen LogP contribution < -0.4 is 5.32 Å². The van der Waals surface area contributed by atoms with Gasteiger partial charge >= 0.3 is 0 Å². The lowest BCUT2D eigenvalue weighted by Gasteiger charge is -2.26. The van der Waals surface area contributed by atoms with Gasteiger partial charge in [-0.1, -0.05) is 23.2 Å². The van der Waals surface area contributed by atoms with Gasteiger partial charge in [0.2, 0.25) is 0 Å². The molecule has 3 heterocycles. The van der Waals surface area contributed by atoms with Crippen molar-refractivity contribution in [2.24, 2.45) is 7.05 Å². The van der Waals surface area contributed by atoms with E-state index in [1.807, 2.05) is 6.92 Å². The van der Waals surface area contributed by atoms with Crippen molar-refractivity contribution in [2.45, 2.75) is 12.3 Å². The molecule has 0 radical (unpaired) electrons. The molecule has 32 heavy (non-hydrogen) atoms. The normalized spacial score (nSPS) is 13.2. The fourth-order valence-electron chi connectivity index (χ4n) is 2.91. The quantitative estimate of drug-likeness (QED) is 0.437. The first-order valence-corrected chi connectivity index (χ1v) is 10.6. The average Bonchev–Trinajstić information content (AvgIpc) is 3.47. The second kappa shape index (κ2) is 8.52. The third kappa shape index (κ3) is 4.20. The highest BCUT2D eigenvalue weighted by Gasteiger charge is 2.35. The maximum atomic E-state index is 14.0. The lowest BCUT2D eigenvalue weighted by atomic mass is 9.85. The van der Waals surface area contributed by atoms with Crippen LogP contribution in [0.5, 0.6) is 0 Å². The predicted octanol–water partition coefficient (Wildman–Crippen LogP) is 3.17. The first-order valence-electron chi connectivity index (χ1n) is 9.02. The van der Waals surface area contributed by atoms with Crippen molar-refractivity contribution in [1.29, 1.82) is 0 Å². The Kier molecular flexibility index (Phi) is 5.93. The van der Waals surface area contributed by atoms with Crippen LogP contribution in [-0.4, -0.2) is 47.4 Å². The monoisotopic (exact) mass is 498 g/mol. The maximum Gasteiger partial charge on any atom is 0.292 e. The lowest BCUT2D eigenvalue weighted by Crippen LogP contribution is -2.39. The number of carbonyl (C=O) groups is 1. The Bertz CT molecular complexity index is 1290. The molecule has 0 saturated heterocycles. The molecule has 1 N–H and O–H groups in total. The van der Waals surface area contributed by atoms with Gasteiger partial charge in [-0.05, 0) is 24.3 Å². The van der Waals surface area contributed by atoms with Crippen LogP contribution >= 0.6 is 34.5 Å². The summed E-state index contributed by atoms with van der Waals surface area (Å²) in [5.41, 5.74) is -0.192. The third-order valence-corrected chi connectivity index (χ3v) is 6.71. The number of thiazole rings is 1. The zero-order valence-corrected chi connectivity index (χ0v) is 18.9. The summed E-state index contributed by atoms with van der Waals surface area (Å²) in [4.78, 5) is 17.8. The molecule has 14 heteroatoms. The van der Waals surface area contributed by atoms with Crippen LogP contribution in [0.15, 0.2) is 30.6 Å². The fourth-order valence-corrected chi connectivity index (χ4v) is 4.28. The second-order valence-corrected chi connectivity index (χ2v) is 8.96. The van der Waals surface area contributed by atoms with E-state index in [9.17, 15) is 13.6 Å². The summed E-state index contributed by atoms with van der Waals surface area (Å²) < 4.78 is 29.0. The molecule has 0 aliphatic carbocycles. The minimum Gasteiger partial charge on any atom is -0.348 e. The van der Waals surface area contributed by atoms with E-state index in [0.717, 1.165) is 22.5 Å². The van der Waals surface area contributed by atoms with Gasteiger partial charge in [-0.2, -0.15) is 5.10 Å². The van der Waals surface area contributed by atoms with Gasteiger partial charge in [-0.15, -0.1) is 26.3 Å². The van der Waals surface area contributed by atoms with E-state index >= 15 is 0 Å². The molecular weight excluding hydrogens is 485 g/mol. The Morgan fingerprint density at radius 3 is 2.72 bits per heavy atom. The van der Waals surface area contributed by atoms with Gasteiger partial charge in [0.25, 0.3) is 11.7 Å². The zero-order valence-electron chi connectivity index (χ0n) is 16.6. The number of rotatable bonds is 6. The Labute approximate surface area is 194 Å². The zero-order chi connectivity index (χ0) is 23.0. The van der Waals surface area contributed by atoms with Crippen LogP contribution in [-0.2, 0) is 12.5 Å². The van der Waals surface area contributed by atoms with E-state index in [4.69, 9.17) is 23.2 Å². The molecule has 9 nitrogen and oxygen atoms in total. The Balaban J connectivity index is 1.57. The van der Waals surface area contributed by atoms with Crippen LogP contribution in [0.1, 0.15) is 28.1 Å². The molecule has 4 rings (SSSR count). The number of halogens is 4. The Morgan fingerprint density at radius 1 is 1.31 bits per heavy atom. The summed E-state index contributed by atoms with van der Waals surface area (Å²) in [6.07, 6.45) is 3.45. The fraction of sp³-hybridized carbons (Fsp3) is 0.222. The van der Waals surface area contributed by atoms with Gasteiger partial charge in [0.05, 0.1) is 11.6 Å². The number of tetrazole rings is 1. The highest BCUT2D eigenvalue weighted by atomic mass is 35.5. The summed E-state index contributed by atoms with van der Waals surface area (Å²) in [5.74, 6) is -2.59. The standard InChI is InChI=1S/C18H14Cl2F2N8OS/c1-18(9-6-24-29(2)7-9,17-25-13(19)14(20)32-17)8-23-16(31)15-26-28-30(27-15)12-4-3-10(21)5-11(12)22/h3-7H,8H2,1-2H3,(H,23,31). The predicted molar refractivity (Wildman–Crippen MR) is 113 cm³/mol. The van der Waals surface area contributed by atoms with Gasteiger partial charge < -0.3 is 5.32 Å². The van der Waals surface area contributed by atoms with E-state index in [1.54, 1.807) is 24.1 Å². The van der Waals surface area contributed by atoms with E-state index < -0.39 is 23.0 Å². The van der Waals surface area contributed by atoms with Crippen molar-refractivity contribution >= 4 is 40.4 Å². The highest BCUT2D eigenvalue weighted by molar-refractivity contribution is 7.16. The van der Waals surface area contributed by atoms with Crippen LogP contribution in [0.3, 0.4) is 0 Å². The summed E-state index contributed by atoms with van der Waals surface area (Å²) in [6, 6.07) is 2.87. The molecule has 4 aromatic rings. The van der Waals surface area contributed by atoms with Crippen LogP contribution in [0.4, 0.5) is 8.78 Å². The minimum absolute atomic E-state index is 0.0805. The number of nitrogens with zero attached hydrogens (tertiary/aromatic N) is 7. The molecule has 0 aliphatic rings. The van der Waals surface area contributed by atoms with Crippen molar-refractivity contribution in [3.8, 4) is 5.69 Å². The van der Waals surface area contributed by atoms with E-state index in [0.29, 0.717) is 15.4 Å². The molecule has 1 atom stereocenters. The van der Waals surface area contributed by atoms with Gasteiger partial charge in [0.1, 0.15) is 20.8 Å². The molecule has 166 valence electrons. The first-order chi connectivity index (χ1) is 15.2. The molecule has 1 aromatic carbocycles. The number of nitrogens with one attached hydrogen (secondary N) is 1. The molecule has 3 aromatic heterocycles. The van der Waals surface area contributed by atoms with Crippen molar-refractivity contribution < 1.29 is 13.6 Å².